The molecule has 28 heavy (non-hydrogen) atoms. The molecular formula is C21H20N2O5. The summed E-state index contributed by atoms with van der Waals surface area (Å²) in [5.74, 6) is 0.838. The van der Waals surface area contributed by atoms with Gasteiger partial charge in [-0.1, -0.05) is 0 Å². The summed E-state index contributed by atoms with van der Waals surface area (Å²) >= 11 is 0. The highest BCUT2D eigenvalue weighted by molar-refractivity contribution is 6.05. The number of carbonyl (C=O) groups is 2. The van der Waals surface area contributed by atoms with Crippen LogP contribution in [0.2, 0.25) is 0 Å². The molecule has 0 atom stereocenters. The summed E-state index contributed by atoms with van der Waals surface area (Å²) in [4.78, 5) is 26.4. The largest absolute Gasteiger partial charge is 0.462 e. The molecule has 0 aliphatic carbocycles. The van der Waals surface area contributed by atoms with Gasteiger partial charge in [0.25, 0.3) is 0 Å². The van der Waals surface area contributed by atoms with Crippen LogP contribution in [0.3, 0.4) is 0 Å². The number of esters is 1. The minimum absolute atomic E-state index is 0.262. The van der Waals surface area contributed by atoms with Crippen molar-refractivity contribution < 1.29 is 23.5 Å². The molecule has 0 aliphatic rings. The van der Waals surface area contributed by atoms with Crippen molar-refractivity contribution in [2.75, 3.05) is 6.61 Å². The number of furan rings is 1. The molecule has 0 unspecified atom stereocenters. The Morgan fingerprint density at radius 3 is 2.75 bits per heavy atom. The van der Waals surface area contributed by atoms with Gasteiger partial charge in [-0.15, -0.1) is 0 Å². The van der Waals surface area contributed by atoms with Gasteiger partial charge < -0.3 is 24.3 Å². The lowest BCUT2D eigenvalue weighted by Gasteiger charge is -2.10. The second kappa shape index (κ2) is 7.96. The predicted octanol–water partition coefficient (Wildman–Crippen LogP) is 4.44. The third-order valence-corrected chi connectivity index (χ3v) is 4.33. The van der Waals surface area contributed by atoms with Crippen LogP contribution in [0.15, 0.2) is 34.9 Å². The predicted molar refractivity (Wildman–Crippen MR) is 105 cm³/mol. The van der Waals surface area contributed by atoms with E-state index in [-0.39, 0.29) is 6.61 Å². The van der Waals surface area contributed by atoms with Crippen molar-refractivity contribution in [2.45, 2.75) is 20.8 Å². The van der Waals surface area contributed by atoms with E-state index in [1.54, 1.807) is 45.2 Å². The van der Waals surface area contributed by atoms with E-state index in [0.717, 1.165) is 18.1 Å². The first-order chi connectivity index (χ1) is 13.5. The molecule has 0 fully saturated rings. The second-order valence-corrected chi connectivity index (χ2v) is 6.07. The number of hydrogen-bond donors (Lipinski definition) is 2. The van der Waals surface area contributed by atoms with Gasteiger partial charge in [-0.25, -0.2) is 4.79 Å². The van der Waals surface area contributed by atoms with Crippen LogP contribution in [0.25, 0.3) is 16.7 Å². The lowest BCUT2D eigenvalue weighted by Crippen LogP contribution is -2.05. The Balaban J connectivity index is 2.02. The van der Waals surface area contributed by atoms with Crippen molar-refractivity contribution in [3.8, 4) is 5.75 Å². The highest BCUT2D eigenvalue weighted by Crippen LogP contribution is 2.32. The summed E-state index contributed by atoms with van der Waals surface area (Å²) in [6, 6.07) is 5.10. The summed E-state index contributed by atoms with van der Waals surface area (Å²) in [7, 11) is 0. The van der Waals surface area contributed by atoms with E-state index < -0.39 is 5.97 Å². The number of aromatic amines is 1. The number of carbonyl (C=O) groups excluding carboxylic acids is 2. The van der Waals surface area contributed by atoms with Gasteiger partial charge in [0.15, 0.2) is 12.0 Å². The molecule has 2 aromatic heterocycles. The number of rotatable bonds is 7. The van der Waals surface area contributed by atoms with Gasteiger partial charge in [-0.2, -0.15) is 0 Å². The zero-order valence-electron chi connectivity index (χ0n) is 15.8. The van der Waals surface area contributed by atoms with Gasteiger partial charge in [0.2, 0.25) is 0 Å². The molecule has 0 bridgehead atoms. The molecule has 3 aromatic rings. The second-order valence-electron chi connectivity index (χ2n) is 6.07. The highest BCUT2D eigenvalue weighted by Gasteiger charge is 2.20. The van der Waals surface area contributed by atoms with Gasteiger partial charge in [-0.3, -0.25) is 4.79 Å². The maximum atomic E-state index is 12.3. The van der Waals surface area contributed by atoms with E-state index in [1.165, 1.54) is 6.08 Å². The summed E-state index contributed by atoms with van der Waals surface area (Å²) in [5.41, 5.74) is 2.74. The fourth-order valence-electron chi connectivity index (χ4n) is 2.98. The number of allylic oxidation sites excluding steroid dienone is 1. The molecule has 7 nitrogen and oxygen atoms in total. The summed E-state index contributed by atoms with van der Waals surface area (Å²) in [6.45, 7) is 5.50. The quantitative estimate of drug-likeness (QED) is 0.273. The van der Waals surface area contributed by atoms with Crippen molar-refractivity contribution in [3.05, 3.63) is 58.6 Å². The molecule has 0 radical (unpaired) electrons. The van der Waals surface area contributed by atoms with Gasteiger partial charge >= 0.3 is 5.97 Å². The standard InChI is InChI=1S/C21H20N2O5/c1-4-26-21(25)19-13(3)27-17-6-5-15(9-16(17)19)28-18(7-8-22)20-12(2)14(11-24)10-23-20/h5-11,22-23H,4H2,1-3H3/b18-7+,22-8?. The van der Waals surface area contributed by atoms with Crippen LogP contribution in [-0.4, -0.2) is 30.1 Å². The number of aldehydes is 1. The average Bonchev–Trinajstić information content (AvgIpc) is 3.20. The Morgan fingerprint density at radius 1 is 1.32 bits per heavy atom. The third kappa shape index (κ3) is 3.46. The molecule has 0 spiro atoms. The lowest BCUT2D eigenvalue weighted by molar-refractivity contribution is 0.0526. The van der Waals surface area contributed by atoms with Crippen molar-refractivity contribution >= 4 is 35.2 Å². The molecule has 0 saturated carbocycles. The fourth-order valence-corrected chi connectivity index (χ4v) is 2.98. The monoisotopic (exact) mass is 380 g/mol. The van der Waals surface area contributed by atoms with Crippen LogP contribution in [0, 0.1) is 19.3 Å². The van der Waals surface area contributed by atoms with Crippen LogP contribution in [0.5, 0.6) is 5.75 Å². The zero-order valence-corrected chi connectivity index (χ0v) is 15.8. The van der Waals surface area contributed by atoms with E-state index in [0.29, 0.717) is 45.1 Å². The molecule has 2 heterocycles. The maximum Gasteiger partial charge on any atom is 0.342 e. The summed E-state index contributed by atoms with van der Waals surface area (Å²) in [6.07, 6.45) is 4.91. The van der Waals surface area contributed by atoms with Gasteiger partial charge in [0.1, 0.15) is 22.7 Å². The number of aryl methyl sites for hydroxylation is 1. The van der Waals surface area contributed by atoms with Crippen molar-refractivity contribution in [1.82, 2.24) is 4.98 Å². The number of hydrogen-bond acceptors (Lipinski definition) is 6. The van der Waals surface area contributed by atoms with Crippen molar-refractivity contribution in [1.29, 1.82) is 5.41 Å². The van der Waals surface area contributed by atoms with Crippen molar-refractivity contribution in [2.24, 2.45) is 0 Å². The number of nitrogens with one attached hydrogen (secondary N) is 2. The lowest BCUT2D eigenvalue weighted by atomic mass is 10.1. The highest BCUT2D eigenvalue weighted by atomic mass is 16.5. The number of ether oxygens (including phenoxy) is 2. The van der Waals surface area contributed by atoms with Crippen molar-refractivity contribution in [3.63, 3.8) is 0 Å². The first-order valence-electron chi connectivity index (χ1n) is 8.72. The average molecular weight is 380 g/mol. The van der Waals surface area contributed by atoms with Gasteiger partial charge in [0.05, 0.1) is 12.3 Å². The molecule has 1 aromatic carbocycles. The molecule has 0 saturated heterocycles. The Morgan fingerprint density at radius 2 is 2.11 bits per heavy atom. The van der Waals surface area contributed by atoms with E-state index in [9.17, 15) is 9.59 Å². The molecule has 144 valence electrons. The molecule has 0 aliphatic heterocycles. The molecule has 7 heteroatoms. The van der Waals surface area contributed by atoms with Gasteiger partial charge in [0, 0.05) is 29.4 Å². The topological polar surface area (TPSA) is 105 Å². The fraction of sp³-hybridized carbons (Fsp3) is 0.190. The molecule has 2 N–H and O–H groups in total. The van der Waals surface area contributed by atoms with E-state index in [1.807, 2.05) is 0 Å². The number of aromatic nitrogens is 1. The van der Waals surface area contributed by atoms with Gasteiger partial charge in [-0.05, 0) is 44.5 Å². The number of H-pyrrole nitrogens is 1. The SMILES string of the molecule is CCOC(=O)c1c(C)oc2ccc(O/C(=C/C=N)c3[nH]cc(C=O)c3C)cc12. The van der Waals surface area contributed by atoms with Crippen LogP contribution >= 0.6 is 0 Å². The van der Waals surface area contributed by atoms with Crippen LogP contribution in [-0.2, 0) is 4.74 Å². The Labute approximate surface area is 161 Å². The Kier molecular flexibility index (Phi) is 5.44. The molecule has 0 amide bonds. The smallest absolute Gasteiger partial charge is 0.342 e. The minimum Gasteiger partial charge on any atom is -0.462 e. The third-order valence-electron chi connectivity index (χ3n) is 4.33. The van der Waals surface area contributed by atoms with Crippen LogP contribution < -0.4 is 4.74 Å². The minimum atomic E-state index is -0.456. The van der Waals surface area contributed by atoms with Crippen LogP contribution in [0.4, 0.5) is 0 Å². The Bertz CT molecular complexity index is 1090. The first kappa shape index (κ1) is 19.2. The Hall–Kier alpha value is -3.61. The summed E-state index contributed by atoms with van der Waals surface area (Å²) < 4.78 is 16.7. The first-order valence-corrected chi connectivity index (χ1v) is 8.72. The van der Waals surface area contributed by atoms with E-state index in [4.69, 9.17) is 19.3 Å². The van der Waals surface area contributed by atoms with Crippen LogP contribution in [0.1, 0.15) is 44.7 Å². The van der Waals surface area contributed by atoms with E-state index >= 15 is 0 Å². The molecule has 3 rings (SSSR count). The number of fused-ring (bicyclic) bond motifs is 1. The summed E-state index contributed by atoms with van der Waals surface area (Å²) in [5, 5.41) is 7.98. The molecular weight excluding hydrogens is 360 g/mol. The maximum absolute atomic E-state index is 12.3. The zero-order chi connectivity index (χ0) is 20.3. The number of benzene rings is 1. The normalized spacial score (nSPS) is 11.5. The van der Waals surface area contributed by atoms with E-state index in [2.05, 4.69) is 4.98 Å².